The number of hydrogen-bond acceptors (Lipinski definition) is 5. The highest BCUT2D eigenvalue weighted by Gasteiger charge is 2.16. The van der Waals surface area contributed by atoms with E-state index < -0.39 is 0 Å². The Morgan fingerprint density at radius 2 is 1.54 bits per heavy atom. The van der Waals surface area contributed by atoms with Crippen LogP contribution in [-0.2, 0) is 11.2 Å². The Balaban J connectivity index is 2.22. The summed E-state index contributed by atoms with van der Waals surface area (Å²) in [5, 5.41) is 3.16. The third kappa shape index (κ3) is 5.45. The van der Waals surface area contributed by atoms with Crippen LogP contribution in [0.5, 0.6) is 23.0 Å². The van der Waals surface area contributed by atoms with Crippen LogP contribution in [0.25, 0.3) is 0 Å². The third-order valence-electron chi connectivity index (χ3n) is 3.81. The predicted octanol–water partition coefficient (Wildman–Crippen LogP) is 5.10. The number of anilines is 1. The van der Waals surface area contributed by atoms with Gasteiger partial charge in [-0.25, -0.2) is 0 Å². The van der Waals surface area contributed by atoms with Gasteiger partial charge in [0.05, 0.1) is 44.6 Å². The Bertz CT molecular complexity index is 844. The highest BCUT2D eigenvalue weighted by atomic mass is 79.9. The smallest absolute Gasteiger partial charge is 0.228 e. The molecule has 6 nitrogen and oxygen atoms in total. The lowest BCUT2D eigenvalue weighted by Gasteiger charge is -2.15. The number of carbonyl (C=O) groups is 1. The van der Waals surface area contributed by atoms with Crippen molar-refractivity contribution in [2.24, 2.45) is 0 Å². The molecule has 0 fully saturated rings. The van der Waals surface area contributed by atoms with Crippen molar-refractivity contribution < 1.29 is 23.7 Å². The number of methoxy groups -OCH3 is 2. The minimum absolute atomic E-state index is 0.123. The summed E-state index contributed by atoms with van der Waals surface area (Å²) in [5.74, 6) is 1.95. The molecule has 0 heterocycles. The van der Waals surface area contributed by atoms with Crippen molar-refractivity contribution in [1.82, 2.24) is 0 Å². The highest BCUT2D eigenvalue weighted by Crippen LogP contribution is 2.37. The molecule has 0 aliphatic rings. The number of rotatable bonds is 9. The van der Waals surface area contributed by atoms with Crippen molar-refractivity contribution in [2.75, 3.05) is 32.8 Å². The molecule has 2 rings (SSSR count). The van der Waals surface area contributed by atoms with Gasteiger partial charge in [-0.1, -0.05) is 27.5 Å². The van der Waals surface area contributed by atoms with Crippen LogP contribution >= 0.6 is 27.5 Å². The van der Waals surface area contributed by atoms with Gasteiger partial charge in [-0.05, 0) is 31.5 Å². The van der Waals surface area contributed by atoms with E-state index in [1.165, 1.54) is 14.2 Å². The van der Waals surface area contributed by atoms with E-state index in [-0.39, 0.29) is 12.3 Å². The molecule has 28 heavy (non-hydrogen) atoms. The zero-order valence-corrected chi connectivity index (χ0v) is 18.6. The average Bonchev–Trinajstić information content (AvgIpc) is 2.66. The van der Waals surface area contributed by atoms with E-state index >= 15 is 0 Å². The molecule has 0 spiro atoms. The number of halogens is 2. The van der Waals surface area contributed by atoms with Gasteiger partial charge in [0.1, 0.15) is 0 Å². The van der Waals surface area contributed by atoms with E-state index in [9.17, 15) is 4.79 Å². The Labute approximate surface area is 178 Å². The maximum atomic E-state index is 12.6. The van der Waals surface area contributed by atoms with Gasteiger partial charge in [0.2, 0.25) is 5.91 Å². The Morgan fingerprint density at radius 3 is 2.11 bits per heavy atom. The Hall–Kier alpha value is -2.12. The summed E-state index contributed by atoms with van der Waals surface area (Å²) in [6, 6.07) is 6.82. The fourth-order valence-corrected chi connectivity index (χ4v) is 3.23. The predicted molar refractivity (Wildman–Crippen MR) is 113 cm³/mol. The van der Waals surface area contributed by atoms with E-state index in [1.807, 2.05) is 13.8 Å². The van der Waals surface area contributed by atoms with E-state index in [0.717, 1.165) is 10.0 Å². The zero-order valence-electron chi connectivity index (χ0n) is 16.2. The lowest BCUT2D eigenvalue weighted by atomic mass is 10.1. The topological polar surface area (TPSA) is 66.0 Å². The molecular weight excluding hydrogens is 450 g/mol. The van der Waals surface area contributed by atoms with Gasteiger partial charge in [-0.15, -0.1) is 0 Å². The van der Waals surface area contributed by atoms with Gasteiger partial charge in [-0.3, -0.25) is 4.79 Å². The van der Waals surface area contributed by atoms with Gasteiger partial charge in [-0.2, -0.15) is 0 Å². The second-order valence-electron chi connectivity index (χ2n) is 5.67. The van der Waals surface area contributed by atoms with Crippen molar-refractivity contribution >= 4 is 39.1 Å². The standard InChI is InChI=1S/C20H23BrClNO5/c1-5-27-18-7-12(13(21)9-19(18)28-6-2)8-20(24)23-15-11-17(26-4)16(25-3)10-14(15)22/h7,9-11H,5-6,8H2,1-4H3,(H,23,24). The Morgan fingerprint density at radius 1 is 0.964 bits per heavy atom. The van der Waals surface area contributed by atoms with Crippen LogP contribution in [0, 0.1) is 0 Å². The van der Waals surface area contributed by atoms with Gasteiger partial charge >= 0.3 is 0 Å². The molecule has 1 amide bonds. The van der Waals surface area contributed by atoms with Crippen LogP contribution in [0.3, 0.4) is 0 Å². The lowest BCUT2D eigenvalue weighted by molar-refractivity contribution is -0.115. The van der Waals surface area contributed by atoms with Crippen LogP contribution in [0.1, 0.15) is 19.4 Å². The van der Waals surface area contributed by atoms with Crippen molar-refractivity contribution in [1.29, 1.82) is 0 Å². The molecule has 0 aromatic heterocycles. The average molecular weight is 473 g/mol. The summed E-state index contributed by atoms with van der Waals surface area (Å²) < 4.78 is 22.4. The SMILES string of the molecule is CCOc1cc(Br)c(CC(=O)Nc2cc(OC)c(OC)cc2Cl)cc1OCC. The quantitative estimate of drug-likeness (QED) is 0.550. The zero-order chi connectivity index (χ0) is 20.7. The van der Waals surface area contributed by atoms with E-state index in [1.54, 1.807) is 24.3 Å². The summed E-state index contributed by atoms with van der Waals surface area (Å²) in [6.07, 6.45) is 0.123. The molecule has 0 saturated heterocycles. The van der Waals surface area contributed by atoms with Crippen LogP contribution in [-0.4, -0.2) is 33.3 Å². The first kappa shape index (κ1) is 22.2. The van der Waals surface area contributed by atoms with Crippen molar-refractivity contribution in [3.05, 3.63) is 39.3 Å². The first-order valence-electron chi connectivity index (χ1n) is 8.72. The molecule has 0 aliphatic carbocycles. The fraction of sp³-hybridized carbons (Fsp3) is 0.350. The minimum Gasteiger partial charge on any atom is -0.493 e. The number of nitrogens with one attached hydrogen (secondary N) is 1. The second kappa shape index (κ2) is 10.4. The number of benzene rings is 2. The lowest BCUT2D eigenvalue weighted by Crippen LogP contribution is -2.15. The van der Waals surface area contributed by atoms with Gasteiger partial charge < -0.3 is 24.3 Å². The van der Waals surface area contributed by atoms with Gasteiger partial charge in [0, 0.05) is 16.6 Å². The summed E-state index contributed by atoms with van der Waals surface area (Å²) in [4.78, 5) is 12.6. The van der Waals surface area contributed by atoms with E-state index in [0.29, 0.717) is 46.9 Å². The van der Waals surface area contributed by atoms with Crippen LogP contribution < -0.4 is 24.3 Å². The molecule has 2 aromatic rings. The van der Waals surface area contributed by atoms with Gasteiger partial charge in [0.15, 0.2) is 23.0 Å². The van der Waals surface area contributed by atoms with E-state index in [2.05, 4.69) is 21.2 Å². The minimum atomic E-state index is -0.235. The highest BCUT2D eigenvalue weighted by molar-refractivity contribution is 9.10. The molecule has 8 heteroatoms. The number of carbonyl (C=O) groups excluding carboxylic acids is 1. The molecule has 152 valence electrons. The summed E-state index contributed by atoms with van der Waals surface area (Å²) >= 11 is 9.74. The molecule has 0 atom stereocenters. The largest absolute Gasteiger partial charge is 0.493 e. The number of ether oxygens (including phenoxy) is 4. The number of amides is 1. The monoisotopic (exact) mass is 471 g/mol. The molecule has 0 bridgehead atoms. The molecule has 0 saturated carbocycles. The van der Waals surface area contributed by atoms with Crippen molar-refractivity contribution in [3.63, 3.8) is 0 Å². The summed E-state index contributed by atoms with van der Waals surface area (Å²) in [5.41, 5.74) is 1.21. The first-order valence-corrected chi connectivity index (χ1v) is 9.89. The van der Waals surface area contributed by atoms with Crippen LogP contribution in [0.4, 0.5) is 5.69 Å². The van der Waals surface area contributed by atoms with Crippen molar-refractivity contribution in [2.45, 2.75) is 20.3 Å². The third-order valence-corrected chi connectivity index (χ3v) is 4.86. The summed E-state index contributed by atoms with van der Waals surface area (Å²) in [7, 11) is 3.04. The number of hydrogen-bond donors (Lipinski definition) is 1. The molecular formula is C20H23BrClNO5. The Kier molecular flexibility index (Phi) is 8.26. The maximum Gasteiger partial charge on any atom is 0.228 e. The summed E-state index contributed by atoms with van der Waals surface area (Å²) in [6.45, 7) is 4.81. The second-order valence-corrected chi connectivity index (χ2v) is 6.93. The molecule has 0 aliphatic heterocycles. The normalized spacial score (nSPS) is 10.4. The maximum absolute atomic E-state index is 12.6. The van der Waals surface area contributed by atoms with Crippen LogP contribution in [0.15, 0.2) is 28.7 Å². The van der Waals surface area contributed by atoms with Gasteiger partial charge in [0.25, 0.3) is 0 Å². The van der Waals surface area contributed by atoms with Crippen molar-refractivity contribution in [3.8, 4) is 23.0 Å². The van der Waals surface area contributed by atoms with Crippen LogP contribution in [0.2, 0.25) is 5.02 Å². The first-order chi connectivity index (χ1) is 13.4. The molecule has 0 unspecified atom stereocenters. The molecule has 1 N–H and O–H groups in total. The van der Waals surface area contributed by atoms with E-state index in [4.69, 9.17) is 30.5 Å². The molecule has 2 aromatic carbocycles. The molecule has 0 radical (unpaired) electrons. The fourth-order valence-electron chi connectivity index (χ4n) is 2.57.